The first-order valence-corrected chi connectivity index (χ1v) is 6.36. The van der Waals surface area contributed by atoms with E-state index in [0.29, 0.717) is 5.11 Å². The molecule has 0 radical (unpaired) electrons. The van der Waals surface area contributed by atoms with Gasteiger partial charge in [0, 0.05) is 6.54 Å². The number of methoxy groups -OCH3 is 1. The minimum atomic E-state index is 0.539. The monoisotopic (exact) mass is 265 g/mol. The molecule has 1 aromatic carbocycles. The highest BCUT2D eigenvalue weighted by Crippen LogP contribution is 2.12. The third kappa shape index (κ3) is 4.33. The molecular formula is C13H19N3OS. The Balaban J connectivity index is 2.75. The SMILES string of the molecule is CCNC(=S)N/N=C(/CC)c1ccc(OC)cc1. The number of hydrazone groups is 1. The molecule has 0 heterocycles. The van der Waals surface area contributed by atoms with Gasteiger partial charge in [-0.1, -0.05) is 6.92 Å². The lowest BCUT2D eigenvalue weighted by Gasteiger charge is -2.08. The lowest BCUT2D eigenvalue weighted by Crippen LogP contribution is -2.32. The summed E-state index contributed by atoms with van der Waals surface area (Å²) in [6.07, 6.45) is 0.827. The van der Waals surface area contributed by atoms with Crippen LogP contribution in [0.4, 0.5) is 0 Å². The summed E-state index contributed by atoms with van der Waals surface area (Å²) in [6.45, 7) is 4.83. The second-order valence-corrected chi connectivity index (χ2v) is 4.02. The lowest BCUT2D eigenvalue weighted by molar-refractivity contribution is 0.415. The van der Waals surface area contributed by atoms with Gasteiger partial charge in [-0.15, -0.1) is 0 Å². The van der Waals surface area contributed by atoms with Gasteiger partial charge in [0.1, 0.15) is 5.75 Å². The molecule has 0 saturated carbocycles. The van der Waals surface area contributed by atoms with Gasteiger partial charge in [0.25, 0.3) is 0 Å². The number of rotatable bonds is 5. The van der Waals surface area contributed by atoms with Crippen LogP contribution in [-0.4, -0.2) is 24.5 Å². The van der Waals surface area contributed by atoms with Crippen molar-refractivity contribution in [1.29, 1.82) is 0 Å². The lowest BCUT2D eigenvalue weighted by atomic mass is 10.1. The molecule has 0 bridgehead atoms. The standard InChI is InChI=1S/C13H19N3OS/c1-4-12(15-16-13(18)14-5-2)10-6-8-11(17-3)9-7-10/h6-9H,4-5H2,1-3H3,(H2,14,16,18)/b15-12-. The van der Waals surface area contributed by atoms with E-state index in [0.717, 1.165) is 30.0 Å². The van der Waals surface area contributed by atoms with Crippen molar-refractivity contribution in [3.8, 4) is 5.75 Å². The molecule has 5 heteroatoms. The van der Waals surface area contributed by atoms with E-state index >= 15 is 0 Å². The van der Waals surface area contributed by atoms with Crippen molar-refractivity contribution < 1.29 is 4.74 Å². The summed E-state index contributed by atoms with van der Waals surface area (Å²) in [5.74, 6) is 0.838. The first-order valence-electron chi connectivity index (χ1n) is 5.96. The molecular weight excluding hydrogens is 246 g/mol. The molecule has 0 aliphatic heterocycles. The fourth-order valence-electron chi connectivity index (χ4n) is 1.45. The minimum absolute atomic E-state index is 0.539. The molecule has 1 rings (SSSR count). The number of hydrogen-bond donors (Lipinski definition) is 2. The van der Waals surface area contributed by atoms with Crippen molar-refractivity contribution in [2.75, 3.05) is 13.7 Å². The molecule has 0 amide bonds. The summed E-state index contributed by atoms with van der Waals surface area (Å²) >= 11 is 5.06. The largest absolute Gasteiger partial charge is 0.497 e. The van der Waals surface area contributed by atoms with Crippen LogP contribution in [0.5, 0.6) is 5.75 Å². The normalized spacial score (nSPS) is 10.9. The van der Waals surface area contributed by atoms with Gasteiger partial charge >= 0.3 is 0 Å². The molecule has 0 unspecified atom stereocenters. The Morgan fingerprint density at radius 2 is 1.94 bits per heavy atom. The summed E-state index contributed by atoms with van der Waals surface area (Å²) in [5.41, 5.74) is 4.86. The van der Waals surface area contributed by atoms with Crippen LogP contribution in [0.3, 0.4) is 0 Å². The minimum Gasteiger partial charge on any atom is -0.497 e. The average Bonchev–Trinajstić information content (AvgIpc) is 2.40. The summed E-state index contributed by atoms with van der Waals surface area (Å²) in [7, 11) is 1.65. The maximum Gasteiger partial charge on any atom is 0.186 e. The number of nitrogens with one attached hydrogen (secondary N) is 2. The van der Waals surface area contributed by atoms with Gasteiger partial charge in [-0.2, -0.15) is 5.10 Å². The molecule has 0 fully saturated rings. The molecule has 1 aromatic rings. The fourth-order valence-corrected chi connectivity index (χ4v) is 1.64. The Kier molecular flexibility index (Phi) is 6.14. The molecule has 0 spiro atoms. The van der Waals surface area contributed by atoms with Crippen LogP contribution < -0.4 is 15.5 Å². The second-order valence-electron chi connectivity index (χ2n) is 3.61. The van der Waals surface area contributed by atoms with Crippen LogP contribution in [0.1, 0.15) is 25.8 Å². The average molecular weight is 265 g/mol. The highest BCUT2D eigenvalue weighted by atomic mass is 32.1. The predicted molar refractivity (Wildman–Crippen MR) is 79.2 cm³/mol. The number of ether oxygens (including phenoxy) is 1. The molecule has 0 saturated heterocycles. The van der Waals surface area contributed by atoms with Crippen molar-refractivity contribution in [3.63, 3.8) is 0 Å². The summed E-state index contributed by atoms with van der Waals surface area (Å²) in [6, 6.07) is 7.81. The highest BCUT2D eigenvalue weighted by Gasteiger charge is 2.02. The second kappa shape index (κ2) is 7.66. The zero-order chi connectivity index (χ0) is 13.4. The molecule has 0 atom stereocenters. The molecule has 0 aliphatic carbocycles. The Morgan fingerprint density at radius 3 is 2.44 bits per heavy atom. The number of nitrogens with zero attached hydrogens (tertiary/aromatic N) is 1. The third-order valence-corrected chi connectivity index (χ3v) is 2.62. The molecule has 2 N–H and O–H groups in total. The Hall–Kier alpha value is -1.62. The number of benzene rings is 1. The van der Waals surface area contributed by atoms with E-state index < -0.39 is 0 Å². The van der Waals surface area contributed by atoms with E-state index in [1.54, 1.807) is 7.11 Å². The van der Waals surface area contributed by atoms with Crippen LogP contribution in [0.25, 0.3) is 0 Å². The van der Waals surface area contributed by atoms with Crippen molar-refractivity contribution in [2.24, 2.45) is 5.10 Å². The summed E-state index contributed by atoms with van der Waals surface area (Å²) in [5, 5.41) is 7.84. The first-order chi connectivity index (χ1) is 8.71. The van der Waals surface area contributed by atoms with E-state index in [1.165, 1.54) is 0 Å². The van der Waals surface area contributed by atoms with E-state index in [-0.39, 0.29) is 0 Å². The smallest absolute Gasteiger partial charge is 0.186 e. The topological polar surface area (TPSA) is 45.7 Å². The number of thiocarbonyl (C=S) groups is 1. The van der Waals surface area contributed by atoms with Gasteiger partial charge in [-0.05, 0) is 55.4 Å². The Labute approximate surface area is 113 Å². The van der Waals surface area contributed by atoms with Crippen LogP contribution in [0, 0.1) is 0 Å². The summed E-state index contributed by atoms with van der Waals surface area (Å²) in [4.78, 5) is 0. The molecule has 98 valence electrons. The van der Waals surface area contributed by atoms with E-state index in [9.17, 15) is 0 Å². The van der Waals surface area contributed by atoms with Crippen LogP contribution >= 0.6 is 12.2 Å². The van der Waals surface area contributed by atoms with Crippen LogP contribution in [0.2, 0.25) is 0 Å². The van der Waals surface area contributed by atoms with E-state index in [4.69, 9.17) is 17.0 Å². The molecule has 0 aromatic heterocycles. The first kappa shape index (κ1) is 14.4. The van der Waals surface area contributed by atoms with Gasteiger partial charge in [0.2, 0.25) is 0 Å². The highest BCUT2D eigenvalue weighted by molar-refractivity contribution is 7.80. The van der Waals surface area contributed by atoms with Crippen LogP contribution in [0.15, 0.2) is 29.4 Å². The van der Waals surface area contributed by atoms with Gasteiger partial charge in [0.05, 0.1) is 12.8 Å². The molecule has 4 nitrogen and oxygen atoms in total. The van der Waals surface area contributed by atoms with Gasteiger partial charge < -0.3 is 10.1 Å². The predicted octanol–water partition coefficient (Wildman–Crippen LogP) is 2.29. The quantitative estimate of drug-likeness (QED) is 0.487. The van der Waals surface area contributed by atoms with Gasteiger partial charge in [0.15, 0.2) is 5.11 Å². The van der Waals surface area contributed by atoms with Crippen molar-refractivity contribution in [1.82, 2.24) is 10.7 Å². The maximum atomic E-state index is 5.13. The van der Waals surface area contributed by atoms with Crippen molar-refractivity contribution >= 4 is 23.0 Å². The molecule has 0 aliphatic rings. The van der Waals surface area contributed by atoms with Gasteiger partial charge in [-0.3, -0.25) is 5.43 Å². The number of hydrogen-bond acceptors (Lipinski definition) is 3. The van der Waals surface area contributed by atoms with E-state index in [2.05, 4.69) is 22.8 Å². The fraction of sp³-hybridized carbons (Fsp3) is 0.385. The van der Waals surface area contributed by atoms with Crippen molar-refractivity contribution in [3.05, 3.63) is 29.8 Å². The zero-order valence-electron chi connectivity index (χ0n) is 11.0. The Morgan fingerprint density at radius 1 is 1.28 bits per heavy atom. The van der Waals surface area contributed by atoms with Crippen molar-refractivity contribution in [2.45, 2.75) is 20.3 Å². The zero-order valence-corrected chi connectivity index (χ0v) is 11.8. The van der Waals surface area contributed by atoms with E-state index in [1.807, 2.05) is 31.2 Å². The van der Waals surface area contributed by atoms with Gasteiger partial charge in [-0.25, -0.2) is 0 Å². The third-order valence-electron chi connectivity index (χ3n) is 2.39. The van der Waals surface area contributed by atoms with Crippen LogP contribution in [-0.2, 0) is 0 Å². The summed E-state index contributed by atoms with van der Waals surface area (Å²) < 4.78 is 5.13. The maximum absolute atomic E-state index is 5.13. The molecule has 18 heavy (non-hydrogen) atoms. The Bertz CT molecular complexity index is 415.